The van der Waals surface area contributed by atoms with Crippen LogP contribution in [0.15, 0.2) is 66.7 Å². The van der Waals surface area contributed by atoms with Crippen LogP contribution in [0.3, 0.4) is 0 Å². The van der Waals surface area contributed by atoms with Crippen molar-refractivity contribution in [2.24, 2.45) is 0 Å². The third-order valence-electron chi connectivity index (χ3n) is 11.3. The lowest BCUT2D eigenvalue weighted by Crippen LogP contribution is -2.55. The highest BCUT2D eigenvalue weighted by molar-refractivity contribution is 7.26. The Bertz CT molecular complexity index is 2350. The van der Waals surface area contributed by atoms with Gasteiger partial charge in [0.15, 0.2) is 0 Å². The van der Waals surface area contributed by atoms with Gasteiger partial charge in [-0.1, -0.05) is 90.6 Å². The topological polar surface area (TPSA) is 4.93 Å². The number of hydrogen-bond donors (Lipinski definition) is 0. The molecule has 2 heterocycles. The lowest BCUT2D eigenvalue weighted by atomic mass is 9.59. The van der Waals surface area contributed by atoms with Gasteiger partial charge in [0.2, 0.25) is 0 Å². The van der Waals surface area contributed by atoms with E-state index in [0.29, 0.717) is 5.92 Å². The first-order chi connectivity index (χ1) is 22.5. The van der Waals surface area contributed by atoms with Crippen molar-refractivity contribution in [3.63, 3.8) is 0 Å². The van der Waals surface area contributed by atoms with Crippen LogP contribution in [0, 0.1) is 0 Å². The van der Waals surface area contributed by atoms with E-state index in [2.05, 4.69) is 166 Å². The quantitative estimate of drug-likeness (QED) is 0.260. The minimum atomic E-state index is 0.0706. The Morgan fingerprint density at radius 2 is 1.08 bits per heavy atom. The van der Waals surface area contributed by atoms with Crippen LogP contribution in [-0.2, 0) is 10.8 Å². The maximum Gasteiger partial charge on any atom is 0.139 e. The van der Waals surface area contributed by atoms with Crippen molar-refractivity contribution < 1.29 is 0 Å². The summed E-state index contributed by atoms with van der Waals surface area (Å²) in [6, 6.07) is 26.1. The molecule has 0 aliphatic carbocycles. The van der Waals surface area contributed by atoms with E-state index in [1.807, 2.05) is 11.3 Å². The Kier molecular flexibility index (Phi) is 7.72. The van der Waals surface area contributed by atoms with E-state index in [4.69, 9.17) is 0 Å². The van der Waals surface area contributed by atoms with Crippen molar-refractivity contribution in [3.05, 3.63) is 83.4 Å². The van der Waals surface area contributed by atoms with Crippen LogP contribution < -0.4 is 27.3 Å². The van der Waals surface area contributed by atoms with Crippen molar-refractivity contribution >= 4 is 120 Å². The van der Waals surface area contributed by atoms with Crippen LogP contribution >= 0.6 is 11.3 Å². The first kappa shape index (κ1) is 33.0. The minimum Gasteiger partial charge on any atom is -0.309 e. The smallest absolute Gasteiger partial charge is 0.139 e. The maximum absolute atomic E-state index is 2.57. The SMILES string of the molecule is Bc1c(B)c(B)c(-c2cccc3sc4ccc(-n5c6ccc(C(C)(C)C)cc6c6cc(C(C)(C)C)ccc65)c(C(C)C)c4c23)c(B)c1B. The number of aromatic nitrogens is 1. The highest BCUT2D eigenvalue weighted by atomic mass is 32.1. The Morgan fingerprint density at radius 3 is 1.58 bits per heavy atom. The summed E-state index contributed by atoms with van der Waals surface area (Å²) in [4.78, 5) is 0. The molecule has 0 aliphatic heterocycles. The summed E-state index contributed by atoms with van der Waals surface area (Å²) in [5, 5.41) is 5.50. The fourth-order valence-electron chi connectivity index (χ4n) is 8.03. The maximum atomic E-state index is 2.57. The van der Waals surface area contributed by atoms with Gasteiger partial charge in [-0.05, 0) is 87.0 Å². The van der Waals surface area contributed by atoms with Gasteiger partial charge in [0, 0.05) is 30.9 Å². The fourth-order valence-corrected chi connectivity index (χ4v) is 9.18. The number of rotatable bonds is 3. The minimum absolute atomic E-state index is 0.0706. The predicted molar refractivity (Wildman–Crippen MR) is 231 cm³/mol. The molecule has 0 N–H and O–H groups in total. The van der Waals surface area contributed by atoms with Gasteiger partial charge < -0.3 is 4.57 Å². The molecular formula is C41H46B5NS. The van der Waals surface area contributed by atoms with Crippen LogP contribution in [0.4, 0.5) is 0 Å². The third-order valence-corrected chi connectivity index (χ3v) is 12.4. The second-order valence-corrected chi connectivity index (χ2v) is 17.7. The summed E-state index contributed by atoms with van der Waals surface area (Å²) in [6.07, 6.45) is 0. The fraction of sp³-hybridized carbons (Fsp3) is 0.268. The zero-order valence-corrected chi connectivity index (χ0v) is 32.1. The first-order valence-corrected chi connectivity index (χ1v) is 18.5. The van der Waals surface area contributed by atoms with E-state index in [1.54, 1.807) is 0 Å². The largest absolute Gasteiger partial charge is 0.309 e. The molecule has 0 fully saturated rings. The Hall–Kier alpha value is -3.56. The molecule has 2 aromatic heterocycles. The zero-order valence-electron chi connectivity index (χ0n) is 31.3. The monoisotopic (exact) mass is 639 g/mol. The number of thiophene rings is 1. The molecule has 0 unspecified atom stereocenters. The molecular weight excluding hydrogens is 593 g/mol. The summed E-state index contributed by atoms with van der Waals surface area (Å²) in [5.74, 6) is 0.327. The number of nitrogens with zero attached hydrogens (tertiary/aromatic N) is 1. The molecule has 0 atom stereocenters. The van der Waals surface area contributed by atoms with Gasteiger partial charge in [-0.15, -0.1) is 27.7 Å². The van der Waals surface area contributed by atoms with Crippen LogP contribution in [0.1, 0.15) is 78.0 Å². The van der Waals surface area contributed by atoms with Crippen molar-refractivity contribution in [1.29, 1.82) is 0 Å². The molecule has 0 bridgehead atoms. The molecule has 48 heavy (non-hydrogen) atoms. The van der Waals surface area contributed by atoms with Crippen molar-refractivity contribution in [1.82, 2.24) is 4.57 Å². The molecule has 0 spiro atoms. The Labute approximate surface area is 295 Å². The lowest BCUT2D eigenvalue weighted by molar-refractivity contribution is 0.590. The van der Waals surface area contributed by atoms with E-state index in [1.165, 1.54) is 103 Å². The highest BCUT2D eigenvalue weighted by Crippen LogP contribution is 2.46. The summed E-state index contributed by atoms with van der Waals surface area (Å²) in [5.41, 5.74) is 18.0. The summed E-state index contributed by atoms with van der Waals surface area (Å²) >= 11 is 1.94. The van der Waals surface area contributed by atoms with Crippen LogP contribution in [-0.4, -0.2) is 43.8 Å². The first-order valence-electron chi connectivity index (χ1n) is 17.7. The number of benzene rings is 5. The molecule has 7 rings (SSSR count). The average molecular weight is 639 g/mol. The molecule has 0 saturated carbocycles. The van der Waals surface area contributed by atoms with Gasteiger partial charge in [-0.3, -0.25) is 0 Å². The molecule has 0 aliphatic rings. The van der Waals surface area contributed by atoms with Crippen molar-refractivity contribution in [2.75, 3.05) is 0 Å². The van der Waals surface area contributed by atoms with E-state index in [0.717, 1.165) is 0 Å². The molecule has 236 valence electrons. The zero-order chi connectivity index (χ0) is 34.6. The van der Waals surface area contributed by atoms with Crippen LogP contribution in [0.25, 0.3) is 58.8 Å². The van der Waals surface area contributed by atoms with Gasteiger partial charge in [0.1, 0.15) is 39.2 Å². The van der Waals surface area contributed by atoms with E-state index >= 15 is 0 Å². The molecule has 5 aromatic carbocycles. The normalized spacial score (nSPS) is 12.8. The molecule has 7 heteroatoms. The van der Waals surface area contributed by atoms with Gasteiger partial charge in [0.05, 0.1) is 16.7 Å². The summed E-state index contributed by atoms with van der Waals surface area (Å²) in [7, 11) is 11.5. The second-order valence-electron chi connectivity index (χ2n) is 16.6. The molecule has 0 saturated heterocycles. The van der Waals surface area contributed by atoms with Crippen LogP contribution in [0.5, 0.6) is 0 Å². The van der Waals surface area contributed by atoms with E-state index in [9.17, 15) is 0 Å². The average Bonchev–Trinajstić information content (AvgIpc) is 3.57. The molecule has 7 aromatic rings. The Balaban J connectivity index is 1.64. The van der Waals surface area contributed by atoms with Crippen molar-refractivity contribution in [3.8, 4) is 16.8 Å². The number of hydrogen-bond acceptors (Lipinski definition) is 1. The molecule has 0 amide bonds. The van der Waals surface area contributed by atoms with Crippen LogP contribution in [0.2, 0.25) is 0 Å². The van der Waals surface area contributed by atoms with Crippen molar-refractivity contribution in [2.45, 2.75) is 72.1 Å². The van der Waals surface area contributed by atoms with Gasteiger partial charge >= 0.3 is 0 Å². The predicted octanol–water partition coefficient (Wildman–Crippen LogP) is 3.83. The standard InChI is InChI=1S/C41H46B5NS/c1-20(2)31-28(47-26-14-12-21(40(3,4)5)18-24(26)25-19-22(41(6,7)8)13-15-27(25)47)16-17-30-34(31)32-23(10-9-11-29(32)48-30)33-35(42)37(44)39(46)38(45)36(33)43/h9-20H,42-46H2,1-8H3. The van der Waals surface area contributed by atoms with Gasteiger partial charge in [0.25, 0.3) is 0 Å². The summed E-state index contributed by atoms with van der Waals surface area (Å²) in [6.45, 7) is 18.7. The third kappa shape index (κ3) is 4.94. The Morgan fingerprint density at radius 1 is 0.583 bits per heavy atom. The molecule has 1 nitrogen and oxygen atoms in total. The lowest BCUT2D eigenvalue weighted by Gasteiger charge is -2.22. The van der Waals surface area contributed by atoms with Gasteiger partial charge in [-0.2, -0.15) is 0 Å². The van der Waals surface area contributed by atoms with E-state index < -0.39 is 0 Å². The summed E-state index contributed by atoms with van der Waals surface area (Å²) < 4.78 is 5.30. The highest BCUT2D eigenvalue weighted by Gasteiger charge is 2.25. The second kappa shape index (κ2) is 11.2. The molecule has 0 radical (unpaired) electrons. The van der Waals surface area contributed by atoms with Gasteiger partial charge in [-0.25, -0.2) is 0 Å². The number of fused-ring (bicyclic) bond motifs is 6. The van der Waals surface area contributed by atoms with E-state index in [-0.39, 0.29) is 10.8 Å².